The SMILES string of the molecule is CC(=O)Nc1ccc(NC(=O)C(NC(=O)c2ccccc2Cl)C(C)C)c(Cl)c1. The van der Waals surface area contributed by atoms with Crippen LogP contribution in [0.5, 0.6) is 0 Å². The number of hydrogen-bond donors (Lipinski definition) is 3. The highest BCUT2D eigenvalue weighted by Gasteiger charge is 2.26. The predicted octanol–water partition coefficient (Wildman–Crippen LogP) is 4.34. The van der Waals surface area contributed by atoms with Crippen molar-refractivity contribution in [2.45, 2.75) is 26.8 Å². The van der Waals surface area contributed by atoms with Gasteiger partial charge in [0.2, 0.25) is 11.8 Å². The third-order valence-electron chi connectivity index (χ3n) is 3.90. The standard InChI is InChI=1S/C20H21Cl2N3O3/c1-11(2)18(25-19(27)14-6-4-5-7-15(14)21)20(28)24-17-9-8-13(10-16(17)22)23-12(3)26/h4-11,18H,1-3H3,(H,23,26)(H,24,28)(H,25,27). The van der Waals surface area contributed by atoms with Crippen LogP contribution >= 0.6 is 23.2 Å². The Morgan fingerprint density at radius 2 is 1.61 bits per heavy atom. The number of hydrogen-bond acceptors (Lipinski definition) is 3. The summed E-state index contributed by atoms with van der Waals surface area (Å²) in [5, 5.41) is 8.61. The Bertz CT molecular complexity index is 900. The summed E-state index contributed by atoms with van der Waals surface area (Å²) in [6.45, 7) is 5.02. The largest absolute Gasteiger partial charge is 0.340 e. The van der Waals surface area contributed by atoms with Crippen molar-refractivity contribution in [1.82, 2.24) is 5.32 Å². The first kappa shape index (κ1) is 21.7. The van der Waals surface area contributed by atoms with Gasteiger partial charge in [0.15, 0.2) is 0 Å². The molecule has 1 unspecified atom stereocenters. The van der Waals surface area contributed by atoms with Gasteiger partial charge in [0, 0.05) is 12.6 Å². The Morgan fingerprint density at radius 1 is 0.929 bits per heavy atom. The van der Waals surface area contributed by atoms with E-state index in [0.717, 1.165) is 0 Å². The molecule has 0 aliphatic rings. The lowest BCUT2D eigenvalue weighted by Gasteiger charge is -2.22. The maximum Gasteiger partial charge on any atom is 0.253 e. The summed E-state index contributed by atoms with van der Waals surface area (Å²) in [5.74, 6) is -1.25. The number of nitrogens with one attached hydrogen (secondary N) is 3. The van der Waals surface area contributed by atoms with E-state index in [4.69, 9.17) is 23.2 Å². The van der Waals surface area contributed by atoms with Gasteiger partial charge in [0.25, 0.3) is 5.91 Å². The molecule has 2 aromatic rings. The summed E-state index contributed by atoms with van der Waals surface area (Å²) in [5.41, 5.74) is 1.18. The van der Waals surface area contributed by atoms with E-state index in [-0.39, 0.29) is 16.8 Å². The molecule has 0 aliphatic carbocycles. The molecule has 0 saturated carbocycles. The van der Waals surface area contributed by atoms with E-state index >= 15 is 0 Å². The van der Waals surface area contributed by atoms with Gasteiger partial charge in [-0.15, -0.1) is 0 Å². The zero-order valence-electron chi connectivity index (χ0n) is 15.7. The Kier molecular flexibility index (Phi) is 7.43. The van der Waals surface area contributed by atoms with E-state index in [1.54, 1.807) is 36.4 Å². The molecule has 28 heavy (non-hydrogen) atoms. The number of carbonyl (C=O) groups is 3. The fourth-order valence-corrected chi connectivity index (χ4v) is 2.96. The molecule has 0 heterocycles. The molecular weight excluding hydrogens is 401 g/mol. The van der Waals surface area contributed by atoms with E-state index in [0.29, 0.717) is 22.0 Å². The van der Waals surface area contributed by atoms with E-state index in [2.05, 4.69) is 16.0 Å². The first-order chi connectivity index (χ1) is 13.2. The van der Waals surface area contributed by atoms with Crippen molar-refractivity contribution in [2.24, 2.45) is 5.92 Å². The summed E-state index contributed by atoms with van der Waals surface area (Å²) in [4.78, 5) is 36.4. The van der Waals surface area contributed by atoms with Crippen LogP contribution in [-0.4, -0.2) is 23.8 Å². The van der Waals surface area contributed by atoms with Crippen LogP contribution in [0, 0.1) is 5.92 Å². The van der Waals surface area contributed by atoms with Gasteiger partial charge in [-0.2, -0.15) is 0 Å². The van der Waals surface area contributed by atoms with Crippen molar-refractivity contribution in [3.63, 3.8) is 0 Å². The minimum atomic E-state index is -0.796. The topological polar surface area (TPSA) is 87.3 Å². The van der Waals surface area contributed by atoms with E-state index < -0.39 is 17.9 Å². The van der Waals surface area contributed by atoms with Crippen molar-refractivity contribution in [2.75, 3.05) is 10.6 Å². The number of rotatable bonds is 6. The molecule has 0 bridgehead atoms. The molecule has 0 fully saturated rings. The minimum Gasteiger partial charge on any atom is -0.340 e. The van der Waals surface area contributed by atoms with Gasteiger partial charge in [0.1, 0.15) is 6.04 Å². The summed E-state index contributed by atoms with van der Waals surface area (Å²) >= 11 is 12.2. The first-order valence-corrected chi connectivity index (χ1v) is 9.38. The molecule has 2 rings (SSSR count). The van der Waals surface area contributed by atoms with E-state index in [1.165, 1.54) is 13.0 Å². The average molecular weight is 422 g/mol. The third kappa shape index (κ3) is 5.71. The van der Waals surface area contributed by atoms with E-state index in [1.807, 2.05) is 13.8 Å². The molecule has 3 amide bonds. The molecule has 2 aromatic carbocycles. The van der Waals surface area contributed by atoms with E-state index in [9.17, 15) is 14.4 Å². The lowest BCUT2D eigenvalue weighted by atomic mass is 10.0. The lowest BCUT2D eigenvalue weighted by molar-refractivity contribution is -0.119. The fraction of sp³-hybridized carbons (Fsp3) is 0.250. The van der Waals surface area contributed by atoms with Crippen molar-refractivity contribution in [1.29, 1.82) is 0 Å². The Hall–Kier alpha value is -2.57. The molecule has 0 spiro atoms. The monoisotopic (exact) mass is 421 g/mol. The van der Waals surface area contributed by atoms with Crippen molar-refractivity contribution >= 4 is 52.3 Å². The summed E-state index contributed by atoms with van der Waals surface area (Å²) in [7, 11) is 0. The Balaban J connectivity index is 2.14. The van der Waals surface area contributed by atoms with Gasteiger partial charge in [-0.25, -0.2) is 0 Å². The molecule has 0 aromatic heterocycles. The number of carbonyl (C=O) groups excluding carboxylic acids is 3. The van der Waals surface area contributed by atoms with Gasteiger partial charge in [-0.05, 0) is 36.2 Å². The Labute approximate surface area is 173 Å². The van der Waals surface area contributed by atoms with Crippen LogP contribution < -0.4 is 16.0 Å². The van der Waals surface area contributed by atoms with Crippen molar-refractivity contribution in [3.05, 3.63) is 58.1 Å². The minimum absolute atomic E-state index is 0.177. The molecule has 148 valence electrons. The zero-order valence-corrected chi connectivity index (χ0v) is 17.2. The average Bonchev–Trinajstić information content (AvgIpc) is 2.61. The van der Waals surface area contributed by atoms with Crippen LogP contribution in [0.15, 0.2) is 42.5 Å². The maximum absolute atomic E-state index is 12.7. The fourth-order valence-electron chi connectivity index (χ4n) is 2.51. The number of anilines is 2. The lowest BCUT2D eigenvalue weighted by Crippen LogP contribution is -2.47. The number of halogens is 2. The normalized spacial score (nSPS) is 11.6. The van der Waals surface area contributed by atoms with Crippen molar-refractivity contribution in [3.8, 4) is 0 Å². The van der Waals surface area contributed by atoms with Crippen LogP contribution in [-0.2, 0) is 9.59 Å². The molecular formula is C20H21Cl2N3O3. The second-order valence-electron chi connectivity index (χ2n) is 6.54. The van der Waals surface area contributed by atoms with Gasteiger partial charge < -0.3 is 16.0 Å². The predicted molar refractivity (Wildman–Crippen MR) is 112 cm³/mol. The molecule has 0 saturated heterocycles. The quantitative estimate of drug-likeness (QED) is 0.647. The first-order valence-electron chi connectivity index (χ1n) is 8.62. The van der Waals surface area contributed by atoms with Crippen LogP contribution in [0.3, 0.4) is 0 Å². The van der Waals surface area contributed by atoms with Crippen LogP contribution in [0.4, 0.5) is 11.4 Å². The highest BCUT2D eigenvalue weighted by Crippen LogP contribution is 2.26. The number of amides is 3. The third-order valence-corrected chi connectivity index (χ3v) is 4.54. The van der Waals surface area contributed by atoms with Gasteiger partial charge in [0.05, 0.1) is 21.3 Å². The zero-order chi connectivity index (χ0) is 20.8. The molecule has 0 radical (unpaired) electrons. The van der Waals surface area contributed by atoms with Gasteiger partial charge in [-0.1, -0.05) is 49.2 Å². The van der Waals surface area contributed by atoms with Gasteiger partial charge in [-0.3, -0.25) is 14.4 Å². The van der Waals surface area contributed by atoms with Crippen LogP contribution in [0.25, 0.3) is 0 Å². The summed E-state index contributed by atoms with van der Waals surface area (Å²) in [6, 6.07) is 10.6. The number of benzene rings is 2. The van der Waals surface area contributed by atoms with Crippen LogP contribution in [0.2, 0.25) is 10.0 Å². The second-order valence-corrected chi connectivity index (χ2v) is 7.35. The molecule has 6 nitrogen and oxygen atoms in total. The molecule has 0 aliphatic heterocycles. The second kappa shape index (κ2) is 9.57. The molecule has 3 N–H and O–H groups in total. The van der Waals surface area contributed by atoms with Gasteiger partial charge >= 0.3 is 0 Å². The highest BCUT2D eigenvalue weighted by atomic mass is 35.5. The smallest absolute Gasteiger partial charge is 0.253 e. The summed E-state index contributed by atoms with van der Waals surface area (Å²) < 4.78 is 0. The molecule has 8 heteroatoms. The van der Waals surface area contributed by atoms with Crippen LogP contribution in [0.1, 0.15) is 31.1 Å². The highest BCUT2D eigenvalue weighted by molar-refractivity contribution is 6.34. The van der Waals surface area contributed by atoms with Crippen molar-refractivity contribution < 1.29 is 14.4 Å². The summed E-state index contributed by atoms with van der Waals surface area (Å²) in [6.07, 6.45) is 0. The maximum atomic E-state index is 12.7. The Morgan fingerprint density at radius 3 is 2.18 bits per heavy atom. The molecule has 1 atom stereocenters.